The standard InChI is InChI=1S/C2HCl4P/c3-1(7)2(4,5)6/h7H. The first-order chi connectivity index (χ1) is 2.94. The fraction of sp³-hybridized carbons (Fsp3) is 0.500. The van der Waals surface area contributed by atoms with Gasteiger partial charge in [0.2, 0.25) is 3.79 Å². The highest BCUT2D eigenvalue weighted by molar-refractivity contribution is 7.32. The van der Waals surface area contributed by atoms with E-state index in [9.17, 15) is 0 Å². The lowest BCUT2D eigenvalue weighted by Gasteiger charge is -2.04. The maximum atomic E-state index is 5.19. The van der Waals surface area contributed by atoms with Crippen molar-refractivity contribution in [2.45, 2.75) is 3.79 Å². The van der Waals surface area contributed by atoms with Gasteiger partial charge in [0.05, 0.1) is 4.75 Å². The quantitative estimate of drug-likeness (QED) is 0.414. The predicted octanol–water partition coefficient (Wildman–Crippen LogP) is 2.87. The van der Waals surface area contributed by atoms with E-state index in [4.69, 9.17) is 46.4 Å². The van der Waals surface area contributed by atoms with E-state index < -0.39 is 3.79 Å². The van der Waals surface area contributed by atoms with Crippen molar-refractivity contribution in [2.24, 2.45) is 0 Å². The van der Waals surface area contributed by atoms with Crippen LogP contribution in [0.1, 0.15) is 0 Å². The molecule has 0 rings (SSSR count). The largest absolute Gasteiger partial charge is 0.229 e. The molecule has 0 fully saturated rings. The first-order valence-corrected chi connectivity index (χ1v) is 3.27. The lowest BCUT2D eigenvalue weighted by molar-refractivity contribution is 1.68. The Hall–Kier alpha value is 1.33. The third kappa shape index (κ3) is 3.88. The molecule has 0 heterocycles. The second-order valence-electron chi connectivity index (χ2n) is 0.812. The normalized spacial score (nSPS) is 11.4. The molecule has 0 amide bonds. The van der Waals surface area contributed by atoms with E-state index >= 15 is 0 Å². The van der Waals surface area contributed by atoms with Gasteiger partial charge in [-0.05, 0) is 0 Å². The molecule has 0 saturated carbocycles. The predicted molar refractivity (Wildman–Crippen MR) is 39.5 cm³/mol. The van der Waals surface area contributed by atoms with Crippen molar-refractivity contribution in [3.05, 3.63) is 0 Å². The number of alkyl halides is 3. The molecule has 42 valence electrons. The number of hydrogen-bond acceptors (Lipinski definition) is 0. The Morgan fingerprint density at radius 3 is 1.43 bits per heavy atom. The minimum atomic E-state index is -1.49. The summed E-state index contributed by atoms with van der Waals surface area (Å²) in [6.45, 7) is 0. The molecule has 0 aromatic heterocycles. The second kappa shape index (κ2) is 2.75. The zero-order valence-electron chi connectivity index (χ0n) is 3.01. The maximum Gasteiger partial charge on any atom is 0.229 e. The molecule has 5 heteroatoms. The van der Waals surface area contributed by atoms with Crippen LogP contribution in [-0.4, -0.2) is 8.55 Å². The van der Waals surface area contributed by atoms with Crippen LogP contribution in [0.2, 0.25) is 0 Å². The molecular weight excluding hydrogens is 197 g/mol. The maximum absolute atomic E-state index is 5.19. The summed E-state index contributed by atoms with van der Waals surface area (Å²) in [6, 6.07) is 0. The number of hydrogen-bond donors (Lipinski definition) is 0. The van der Waals surface area contributed by atoms with Crippen molar-refractivity contribution in [2.75, 3.05) is 0 Å². The Labute approximate surface area is 63.9 Å². The van der Waals surface area contributed by atoms with E-state index in [1.165, 1.54) is 0 Å². The SMILES string of the molecule is P=C(Cl)C(Cl)(Cl)Cl. The van der Waals surface area contributed by atoms with Gasteiger partial charge in [-0.15, -0.1) is 8.86 Å². The van der Waals surface area contributed by atoms with E-state index in [1.54, 1.807) is 0 Å². The Balaban J connectivity index is 3.79. The summed E-state index contributed by atoms with van der Waals surface area (Å²) in [5, 5.41) is 0. The zero-order chi connectivity index (χ0) is 6.08. The highest BCUT2D eigenvalue weighted by Crippen LogP contribution is 2.30. The summed E-state index contributed by atoms with van der Waals surface area (Å²) in [5.41, 5.74) is 0. The van der Waals surface area contributed by atoms with Crippen molar-refractivity contribution in [3.63, 3.8) is 0 Å². The minimum absolute atomic E-state index is 0.0671. The zero-order valence-corrected chi connectivity index (χ0v) is 7.04. The lowest BCUT2D eigenvalue weighted by atomic mass is 10.9. The summed E-state index contributed by atoms with van der Waals surface area (Å²) in [5.74, 6) is 0. The Morgan fingerprint density at radius 1 is 1.29 bits per heavy atom. The Kier molecular flexibility index (Phi) is 3.28. The van der Waals surface area contributed by atoms with E-state index in [0.717, 1.165) is 0 Å². The van der Waals surface area contributed by atoms with Crippen molar-refractivity contribution in [3.8, 4) is 0 Å². The average molecular weight is 198 g/mol. The lowest BCUT2D eigenvalue weighted by Crippen LogP contribution is -2.08. The molecule has 0 atom stereocenters. The molecule has 0 spiro atoms. The van der Waals surface area contributed by atoms with Gasteiger partial charge in [0.1, 0.15) is 0 Å². The number of rotatable bonds is 0. The van der Waals surface area contributed by atoms with Crippen LogP contribution < -0.4 is 0 Å². The van der Waals surface area contributed by atoms with Crippen molar-refractivity contribution in [1.82, 2.24) is 0 Å². The molecule has 0 nitrogen and oxygen atoms in total. The van der Waals surface area contributed by atoms with Crippen molar-refractivity contribution >= 4 is 60.0 Å². The van der Waals surface area contributed by atoms with Crippen molar-refractivity contribution in [1.29, 1.82) is 0 Å². The molecule has 0 aromatic rings. The molecule has 0 unspecified atom stereocenters. The summed E-state index contributed by atoms with van der Waals surface area (Å²) in [4.78, 5) is 0. The van der Waals surface area contributed by atoms with E-state index in [0.29, 0.717) is 0 Å². The van der Waals surface area contributed by atoms with Crippen LogP contribution in [0.5, 0.6) is 0 Å². The van der Waals surface area contributed by atoms with Crippen LogP contribution in [0, 0.1) is 0 Å². The van der Waals surface area contributed by atoms with Crippen molar-refractivity contribution < 1.29 is 0 Å². The minimum Gasteiger partial charge on any atom is -0.101 e. The Morgan fingerprint density at radius 2 is 1.43 bits per heavy atom. The molecule has 7 heavy (non-hydrogen) atoms. The topological polar surface area (TPSA) is 0 Å². The number of halogens is 4. The molecule has 0 aromatic carbocycles. The highest BCUT2D eigenvalue weighted by Gasteiger charge is 2.22. The van der Waals surface area contributed by atoms with Crippen LogP contribution in [0.25, 0.3) is 0 Å². The second-order valence-corrected chi connectivity index (χ2v) is 4.29. The van der Waals surface area contributed by atoms with Crippen LogP contribution in [-0.2, 0) is 0 Å². The molecule has 0 aliphatic carbocycles. The van der Waals surface area contributed by atoms with Gasteiger partial charge >= 0.3 is 0 Å². The fourth-order valence-corrected chi connectivity index (χ4v) is 0. The smallest absolute Gasteiger partial charge is 0.101 e. The Bertz CT molecular complexity index is 82.2. The van der Waals surface area contributed by atoms with Crippen LogP contribution in [0.4, 0.5) is 0 Å². The third-order valence-electron chi connectivity index (χ3n) is 0.249. The third-order valence-corrected chi connectivity index (χ3v) is 2.24. The van der Waals surface area contributed by atoms with Gasteiger partial charge in [-0.3, -0.25) is 0 Å². The van der Waals surface area contributed by atoms with E-state index in [-0.39, 0.29) is 4.75 Å². The summed E-state index contributed by atoms with van der Waals surface area (Å²) in [7, 11) is 2.83. The molecule has 0 radical (unpaired) electrons. The van der Waals surface area contributed by atoms with Gasteiger partial charge in [-0.25, -0.2) is 0 Å². The van der Waals surface area contributed by atoms with Gasteiger partial charge in [0.25, 0.3) is 0 Å². The first-order valence-electron chi connectivity index (χ1n) is 1.26. The van der Waals surface area contributed by atoms with E-state index in [1.807, 2.05) is 0 Å². The first kappa shape index (κ1) is 8.33. The average Bonchev–Trinajstić information content (AvgIpc) is 1.31. The molecule has 0 saturated heterocycles. The van der Waals surface area contributed by atoms with Gasteiger partial charge < -0.3 is 0 Å². The van der Waals surface area contributed by atoms with Gasteiger partial charge in [0.15, 0.2) is 0 Å². The van der Waals surface area contributed by atoms with Crippen LogP contribution in [0.3, 0.4) is 0 Å². The fourth-order valence-electron chi connectivity index (χ4n) is 0. The summed E-state index contributed by atoms with van der Waals surface area (Å²) in [6.07, 6.45) is 0. The monoisotopic (exact) mass is 196 g/mol. The summed E-state index contributed by atoms with van der Waals surface area (Å²) < 4.78 is -1.42. The molecule has 0 N–H and O–H groups in total. The summed E-state index contributed by atoms with van der Waals surface area (Å²) >= 11 is 20.7. The molecule has 0 aliphatic rings. The van der Waals surface area contributed by atoms with Gasteiger partial charge in [0, 0.05) is 0 Å². The molecule has 0 bridgehead atoms. The molecular formula is C2HCl4P. The molecule has 0 aliphatic heterocycles. The van der Waals surface area contributed by atoms with E-state index in [2.05, 4.69) is 8.86 Å². The van der Waals surface area contributed by atoms with Crippen LogP contribution in [0.15, 0.2) is 0 Å². The van der Waals surface area contributed by atoms with Crippen LogP contribution >= 0.6 is 55.3 Å². The van der Waals surface area contributed by atoms with Gasteiger partial charge in [-0.1, -0.05) is 46.4 Å². The highest BCUT2D eigenvalue weighted by atomic mass is 35.6. The van der Waals surface area contributed by atoms with Gasteiger partial charge in [-0.2, -0.15) is 0 Å².